The average Bonchev–Trinajstić information content (AvgIpc) is 3.19. The molecular weight excluding hydrogens is 444 g/mol. The Labute approximate surface area is 206 Å². The Morgan fingerprint density at radius 1 is 1.17 bits per heavy atom. The zero-order valence-electron chi connectivity index (χ0n) is 21.4. The summed E-state index contributed by atoms with van der Waals surface area (Å²) >= 11 is 0. The number of amides is 1. The van der Waals surface area contributed by atoms with Gasteiger partial charge in [0.25, 0.3) is 0 Å². The van der Waals surface area contributed by atoms with Crippen LogP contribution in [0.3, 0.4) is 0 Å². The van der Waals surface area contributed by atoms with Crippen molar-refractivity contribution in [2.75, 3.05) is 6.54 Å². The van der Waals surface area contributed by atoms with Crippen LogP contribution in [0.1, 0.15) is 68.7 Å². The van der Waals surface area contributed by atoms with Crippen molar-refractivity contribution in [1.29, 1.82) is 0 Å². The maximum absolute atomic E-state index is 13.0. The molecule has 4 rings (SSSR count). The number of esters is 1. The standard InChI is InChI=1S/C27H34N4O4/c1-7-18(15-24(32)34-23-12-11-22-25(17(23)2)28-29-30(22)6)20-10-8-9-19-16-31(14-13-21(19)20)26(33)35-27(3,4)5/h8-12,18H,7,13-16H2,1-6H3. The van der Waals surface area contributed by atoms with Gasteiger partial charge in [-0.15, -0.1) is 5.10 Å². The van der Waals surface area contributed by atoms with Gasteiger partial charge in [-0.2, -0.15) is 0 Å². The van der Waals surface area contributed by atoms with E-state index in [9.17, 15) is 9.59 Å². The maximum Gasteiger partial charge on any atom is 0.410 e. The number of aromatic nitrogens is 3. The lowest BCUT2D eigenvalue weighted by Gasteiger charge is -2.33. The number of carbonyl (C=O) groups excluding carboxylic acids is 2. The van der Waals surface area contributed by atoms with E-state index < -0.39 is 5.60 Å². The van der Waals surface area contributed by atoms with Crippen LogP contribution in [0, 0.1) is 6.92 Å². The zero-order valence-corrected chi connectivity index (χ0v) is 21.4. The van der Waals surface area contributed by atoms with E-state index in [2.05, 4.69) is 29.4 Å². The molecule has 0 fully saturated rings. The minimum absolute atomic E-state index is 0.0334. The second-order valence-electron chi connectivity index (χ2n) is 10.2. The zero-order chi connectivity index (χ0) is 25.3. The summed E-state index contributed by atoms with van der Waals surface area (Å²) in [7, 11) is 1.83. The Balaban J connectivity index is 1.48. The lowest BCUT2D eigenvalue weighted by molar-refractivity contribution is -0.134. The van der Waals surface area contributed by atoms with Crippen LogP contribution < -0.4 is 4.74 Å². The smallest absolute Gasteiger partial charge is 0.410 e. The minimum Gasteiger partial charge on any atom is -0.444 e. The third-order valence-corrected chi connectivity index (χ3v) is 6.51. The first kappa shape index (κ1) is 24.7. The molecule has 1 atom stereocenters. The fraction of sp³-hybridized carbons (Fsp3) is 0.481. The second-order valence-corrected chi connectivity index (χ2v) is 10.2. The quantitative estimate of drug-likeness (QED) is 0.376. The summed E-state index contributed by atoms with van der Waals surface area (Å²) in [5, 5.41) is 8.23. The molecular formula is C27H34N4O4. The van der Waals surface area contributed by atoms with Crippen LogP contribution in [0.5, 0.6) is 5.75 Å². The van der Waals surface area contributed by atoms with Gasteiger partial charge in [-0.25, -0.2) is 9.48 Å². The van der Waals surface area contributed by atoms with E-state index in [1.54, 1.807) is 15.6 Å². The molecule has 0 saturated carbocycles. The molecule has 35 heavy (non-hydrogen) atoms. The monoisotopic (exact) mass is 478 g/mol. The summed E-state index contributed by atoms with van der Waals surface area (Å²) in [4.78, 5) is 27.3. The third-order valence-electron chi connectivity index (χ3n) is 6.51. The highest BCUT2D eigenvalue weighted by Crippen LogP contribution is 2.33. The number of ether oxygens (including phenoxy) is 2. The number of aryl methyl sites for hydroxylation is 2. The van der Waals surface area contributed by atoms with Gasteiger partial charge < -0.3 is 14.4 Å². The van der Waals surface area contributed by atoms with Gasteiger partial charge in [-0.1, -0.05) is 30.3 Å². The predicted octanol–water partition coefficient (Wildman–Crippen LogP) is 5.06. The fourth-order valence-electron chi connectivity index (χ4n) is 4.67. The molecule has 8 heteroatoms. The number of nitrogens with zero attached hydrogens (tertiary/aromatic N) is 4. The highest BCUT2D eigenvalue weighted by molar-refractivity contribution is 5.82. The Morgan fingerprint density at radius 3 is 2.66 bits per heavy atom. The van der Waals surface area contributed by atoms with Gasteiger partial charge in [-0.05, 0) is 75.3 Å². The molecule has 1 aliphatic heterocycles. The van der Waals surface area contributed by atoms with Gasteiger partial charge in [0, 0.05) is 25.7 Å². The SMILES string of the molecule is CCC(CC(=O)Oc1ccc2c(nnn2C)c1C)c1cccc2c1CCN(C(=O)OC(C)(C)C)C2. The lowest BCUT2D eigenvalue weighted by Crippen LogP contribution is -2.40. The van der Waals surface area contributed by atoms with Gasteiger partial charge in [0.2, 0.25) is 0 Å². The molecule has 2 heterocycles. The Hall–Kier alpha value is -3.42. The van der Waals surface area contributed by atoms with E-state index in [4.69, 9.17) is 9.47 Å². The molecule has 1 amide bonds. The van der Waals surface area contributed by atoms with Gasteiger partial charge in [0.15, 0.2) is 0 Å². The second kappa shape index (κ2) is 9.68. The summed E-state index contributed by atoms with van der Waals surface area (Å²) in [6.07, 6.45) is 1.53. The number of fused-ring (bicyclic) bond motifs is 2. The van der Waals surface area contributed by atoms with Crippen LogP contribution in [0.15, 0.2) is 30.3 Å². The van der Waals surface area contributed by atoms with Crippen molar-refractivity contribution in [3.05, 3.63) is 52.6 Å². The molecule has 0 saturated heterocycles. The van der Waals surface area contributed by atoms with E-state index in [-0.39, 0.29) is 24.4 Å². The van der Waals surface area contributed by atoms with Crippen LogP contribution in [-0.4, -0.2) is 44.1 Å². The molecule has 0 spiro atoms. The van der Waals surface area contributed by atoms with Crippen LogP contribution in [-0.2, 0) is 29.5 Å². The summed E-state index contributed by atoms with van der Waals surface area (Å²) in [6, 6.07) is 9.83. The number of carbonyl (C=O) groups is 2. The molecule has 3 aromatic rings. The average molecular weight is 479 g/mol. The van der Waals surface area contributed by atoms with Crippen LogP contribution in [0.25, 0.3) is 11.0 Å². The highest BCUT2D eigenvalue weighted by Gasteiger charge is 2.28. The maximum atomic E-state index is 13.0. The minimum atomic E-state index is -0.525. The first-order chi connectivity index (χ1) is 16.6. The normalized spacial score (nSPS) is 14.5. The molecule has 186 valence electrons. The van der Waals surface area contributed by atoms with Crippen LogP contribution in [0.2, 0.25) is 0 Å². The van der Waals surface area contributed by atoms with Crippen molar-refractivity contribution in [3.63, 3.8) is 0 Å². The lowest BCUT2D eigenvalue weighted by atomic mass is 9.84. The summed E-state index contributed by atoms with van der Waals surface area (Å²) in [5.74, 6) is 0.277. The van der Waals surface area contributed by atoms with Crippen molar-refractivity contribution in [1.82, 2.24) is 19.9 Å². The van der Waals surface area contributed by atoms with Crippen LogP contribution in [0.4, 0.5) is 4.79 Å². The first-order valence-corrected chi connectivity index (χ1v) is 12.2. The molecule has 0 N–H and O–H groups in total. The van der Waals surface area contributed by atoms with E-state index >= 15 is 0 Å². The number of benzene rings is 2. The fourth-order valence-corrected chi connectivity index (χ4v) is 4.67. The molecule has 0 aliphatic carbocycles. The summed E-state index contributed by atoms with van der Waals surface area (Å²) in [5.41, 5.74) is 5.40. The number of hydrogen-bond donors (Lipinski definition) is 0. The molecule has 8 nitrogen and oxygen atoms in total. The molecule has 1 unspecified atom stereocenters. The van der Waals surface area contributed by atoms with Crippen LogP contribution >= 0.6 is 0 Å². The molecule has 1 aromatic heterocycles. The third kappa shape index (κ3) is 5.31. The molecule has 1 aliphatic rings. The van der Waals surface area contributed by atoms with Crippen molar-refractivity contribution in [2.24, 2.45) is 7.05 Å². The number of hydrogen-bond acceptors (Lipinski definition) is 6. The molecule has 0 bridgehead atoms. The van der Waals surface area contributed by atoms with E-state index in [0.717, 1.165) is 40.6 Å². The largest absolute Gasteiger partial charge is 0.444 e. The van der Waals surface area contributed by atoms with Gasteiger partial charge >= 0.3 is 12.1 Å². The number of rotatable bonds is 5. The first-order valence-electron chi connectivity index (χ1n) is 12.2. The van der Waals surface area contributed by atoms with Crippen molar-refractivity contribution in [3.8, 4) is 5.75 Å². The molecule has 0 radical (unpaired) electrons. The van der Waals surface area contributed by atoms with Crippen molar-refractivity contribution >= 4 is 23.1 Å². The van der Waals surface area contributed by atoms with E-state index in [1.807, 2.05) is 46.9 Å². The van der Waals surface area contributed by atoms with Gasteiger partial charge in [0.1, 0.15) is 16.9 Å². The van der Waals surface area contributed by atoms with Gasteiger partial charge in [-0.3, -0.25) is 4.79 Å². The Bertz CT molecular complexity index is 1260. The van der Waals surface area contributed by atoms with E-state index in [0.29, 0.717) is 18.8 Å². The predicted molar refractivity (Wildman–Crippen MR) is 133 cm³/mol. The summed E-state index contributed by atoms with van der Waals surface area (Å²) in [6.45, 7) is 10.7. The van der Waals surface area contributed by atoms with E-state index in [1.165, 1.54) is 5.56 Å². The van der Waals surface area contributed by atoms with Gasteiger partial charge in [0.05, 0.1) is 11.9 Å². The van der Waals surface area contributed by atoms with Crippen molar-refractivity contribution < 1.29 is 19.1 Å². The topological polar surface area (TPSA) is 86.5 Å². The Kier molecular flexibility index (Phi) is 6.83. The Morgan fingerprint density at radius 2 is 1.94 bits per heavy atom. The highest BCUT2D eigenvalue weighted by atomic mass is 16.6. The van der Waals surface area contributed by atoms with Crippen molar-refractivity contribution in [2.45, 2.75) is 71.9 Å². The molecule has 2 aromatic carbocycles. The summed E-state index contributed by atoms with van der Waals surface area (Å²) < 4.78 is 13.0.